The molecule has 2 fully saturated rings. The average molecular weight is 387 g/mol. The molecule has 2 N–H and O–H groups in total. The fourth-order valence-corrected chi connectivity index (χ4v) is 3.47. The number of hydrogen-bond donors (Lipinski definition) is 2. The molecule has 2 saturated heterocycles. The van der Waals surface area contributed by atoms with E-state index in [0.29, 0.717) is 6.54 Å². The monoisotopic (exact) mass is 387 g/mol. The summed E-state index contributed by atoms with van der Waals surface area (Å²) in [6.45, 7) is 2.44. The predicted molar refractivity (Wildman–Crippen MR) is 97.1 cm³/mol. The van der Waals surface area contributed by atoms with Crippen LogP contribution in [0.2, 0.25) is 0 Å². The fourth-order valence-electron chi connectivity index (χ4n) is 3.47. The number of carboxylic acid groups (broad SMARTS) is 1. The molecule has 2 aliphatic heterocycles. The first kappa shape index (κ1) is 22.1. The molecule has 0 aromatic carbocycles. The van der Waals surface area contributed by atoms with Crippen LogP contribution in [0.25, 0.3) is 0 Å². The van der Waals surface area contributed by atoms with E-state index in [1.165, 1.54) is 44.9 Å². The summed E-state index contributed by atoms with van der Waals surface area (Å²) in [4.78, 5) is 23.7. The SMILES string of the molecule is CCCCCCCCCCCNC(=O)[C@H]1OCO[C@H]2[C@@H]1OCO[C@H]2C(=O)O. The highest BCUT2D eigenvalue weighted by Crippen LogP contribution is 2.26. The number of rotatable bonds is 12. The Morgan fingerprint density at radius 1 is 0.815 bits per heavy atom. The molecule has 0 aliphatic carbocycles. The molecule has 1 amide bonds. The van der Waals surface area contributed by atoms with Crippen LogP contribution in [0.1, 0.15) is 64.7 Å². The summed E-state index contributed by atoms with van der Waals surface area (Å²) in [5.41, 5.74) is 0. The van der Waals surface area contributed by atoms with E-state index in [1.54, 1.807) is 0 Å². The van der Waals surface area contributed by atoms with Crippen molar-refractivity contribution < 1.29 is 33.6 Å². The maximum atomic E-state index is 12.4. The Morgan fingerprint density at radius 3 is 1.93 bits per heavy atom. The van der Waals surface area contributed by atoms with E-state index in [1.807, 2.05) is 0 Å². The zero-order chi connectivity index (χ0) is 19.5. The van der Waals surface area contributed by atoms with Crippen molar-refractivity contribution >= 4 is 11.9 Å². The standard InChI is InChI=1S/C19H33NO7/c1-2-3-4-5-6-7-8-9-10-11-20-18(21)16-14-15(25-12-26-16)17(19(22)23)27-13-24-14/h14-17H,2-13H2,1H3,(H,20,21)(H,22,23)/t14-,15-,16-,17+/m0/s1. The normalized spacial score (nSPS) is 27.7. The van der Waals surface area contributed by atoms with Gasteiger partial charge in [0.05, 0.1) is 0 Å². The molecule has 2 heterocycles. The number of unbranched alkanes of at least 4 members (excludes halogenated alkanes) is 8. The second-order valence-electron chi connectivity index (χ2n) is 7.13. The number of carbonyl (C=O) groups is 2. The molecule has 0 radical (unpaired) electrons. The van der Waals surface area contributed by atoms with Gasteiger partial charge in [-0.2, -0.15) is 0 Å². The van der Waals surface area contributed by atoms with Gasteiger partial charge in [-0.15, -0.1) is 0 Å². The zero-order valence-electron chi connectivity index (χ0n) is 16.2. The second-order valence-corrected chi connectivity index (χ2v) is 7.13. The van der Waals surface area contributed by atoms with Crippen LogP contribution in [-0.2, 0) is 28.5 Å². The maximum absolute atomic E-state index is 12.4. The number of fused-ring (bicyclic) bond motifs is 1. The first-order valence-electron chi connectivity index (χ1n) is 10.1. The van der Waals surface area contributed by atoms with Crippen LogP contribution in [0.5, 0.6) is 0 Å². The van der Waals surface area contributed by atoms with E-state index in [2.05, 4.69) is 12.2 Å². The summed E-state index contributed by atoms with van der Waals surface area (Å²) >= 11 is 0. The summed E-state index contributed by atoms with van der Waals surface area (Å²) in [7, 11) is 0. The van der Waals surface area contributed by atoms with Crippen molar-refractivity contribution in [3.8, 4) is 0 Å². The molecule has 27 heavy (non-hydrogen) atoms. The van der Waals surface area contributed by atoms with Gasteiger partial charge in [0.25, 0.3) is 5.91 Å². The molecule has 0 aromatic rings. The van der Waals surface area contributed by atoms with Gasteiger partial charge in [-0.1, -0.05) is 58.3 Å². The number of carboxylic acids is 1. The molecule has 2 aliphatic rings. The fraction of sp³-hybridized carbons (Fsp3) is 0.895. The van der Waals surface area contributed by atoms with Crippen molar-refractivity contribution in [1.82, 2.24) is 5.32 Å². The Labute approximate surface area is 160 Å². The molecular formula is C19H33NO7. The van der Waals surface area contributed by atoms with Gasteiger partial charge < -0.3 is 29.4 Å². The third kappa shape index (κ3) is 7.03. The topological polar surface area (TPSA) is 103 Å². The molecule has 0 aromatic heterocycles. The third-order valence-electron chi connectivity index (χ3n) is 5.02. The van der Waals surface area contributed by atoms with Crippen molar-refractivity contribution in [2.45, 2.75) is 89.1 Å². The lowest BCUT2D eigenvalue weighted by atomic mass is 10.00. The van der Waals surface area contributed by atoms with Crippen LogP contribution < -0.4 is 5.32 Å². The molecule has 0 saturated carbocycles. The van der Waals surface area contributed by atoms with E-state index in [-0.39, 0.29) is 19.5 Å². The largest absolute Gasteiger partial charge is 0.479 e. The molecule has 0 bridgehead atoms. The van der Waals surface area contributed by atoms with Crippen LogP contribution >= 0.6 is 0 Å². The van der Waals surface area contributed by atoms with Crippen LogP contribution in [0, 0.1) is 0 Å². The first-order valence-corrected chi connectivity index (χ1v) is 10.1. The van der Waals surface area contributed by atoms with Gasteiger partial charge in [-0.3, -0.25) is 4.79 Å². The van der Waals surface area contributed by atoms with Gasteiger partial charge in [-0.05, 0) is 6.42 Å². The summed E-state index contributed by atoms with van der Waals surface area (Å²) in [5, 5.41) is 12.1. The van der Waals surface area contributed by atoms with Gasteiger partial charge in [0, 0.05) is 6.54 Å². The van der Waals surface area contributed by atoms with Gasteiger partial charge >= 0.3 is 5.97 Å². The lowest BCUT2D eigenvalue weighted by molar-refractivity contribution is -0.313. The molecule has 8 heteroatoms. The third-order valence-corrected chi connectivity index (χ3v) is 5.02. The molecule has 0 spiro atoms. The number of nitrogens with one attached hydrogen (secondary N) is 1. The van der Waals surface area contributed by atoms with E-state index >= 15 is 0 Å². The zero-order valence-corrected chi connectivity index (χ0v) is 16.2. The lowest BCUT2D eigenvalue weighted by Gasteiger charge is -2.42. The highest BCUT2D eigenvalue weighted by molar-refractivity contribution is 5.82. The molecule has 2 rings (SSSR count). The first-order chi connectivity index (χ1) is 13.1. The van der Waals surface area contributed by atoms with E-state index < -0.39 is 30.4 Å². The highest BCUT2D eigenvalue weighted by Gasteiger charge is 2.49. The average Bonchev–Trinajstić information content (AvgIpc) is 2.68. The van der Waals surface area contributed by atoms with Crippen molar-refractivity contribution in [3.05, 3.63) is 0 Å². The number of amides is 1. The molecule has 8 nitrogen and oxygen atoms in total. The van der Waals surface area contributed by atoms with Crippen LogP contribution in [0.4, 0.5) is 0 Å². The number of ether oxygens (including phenoxy) is 4. The number of aliphatic carboxylic acids is 1. The lowest BCUT2D eigenvalue weighted by Crippen LogP contribution is -2.62. The molecule has 4 atom stereocenters. The highest BCUT2D eigenvalue weighted by atomic mass is 16.8. The number of hydrogen-bond acceptors (Lipinski definition) is 6. The van der Waals surface area contributed by atoms with E-state index in [4.69, 9.17) is 18.9 Å². The Hall–Kier alpha value is -1.22. The summed E-state index contributed by atoms with van der Waals surface area (Å²) in [6.07, 6.45) is 7.29. The van der Waals surface area contributed by atoms with Gasteiger partial charge in [0.2, 0.25) is 0 Å². The van der Waals surface area contributed by atoms with E-state index in [9.17, 15) is 14.7 Å². The van der Waals surface area contributed by atoms with Crippen LogP contribution in [0.15, 0.2) is 0 Å². The Morgan fingerprint density at radius 2 is 1.33 bits per heavy atom. The number of carbonyl (C=O) groups excluding carboxylic acids is 1. The minimum atomic E-state index is -1.15. The summed E-state index contributed by atoms with van der Waals surface area (Å²) in [6, 6.07) is 0. The van der Waals surface area contributed by atoms with Crippen LogP contribution in [-0.4, -0.2) is 61.5 Å². The minimum absolute atomic E-state index is 0.159. The Kier molecular flexibility index (Phi) is 10.0. The molecular weight excluding hydrogens is 354 g/mol. The van der Waals surface area contributed by atoms with Crippen LogP contribution in [0.3, 0.4) is 0 Å². The van der Waals surface area contributed by atoms with Crippen molar-refractivity contribution in [2.75, 3.05) is 20.1 Å². The quantitative estimate of drug-likeness (QED) is 0.495. The van der Waals surface area contributed by atoms with Crippen molar-refractivity contribution in [1.29, 1.82) is 0 Å². The Bertz CT molecular complexity index is 459. The van der Waals surface area contributed by atoms with Gasteiger partial charge in [0.15, 0.2) is 12.2 Å². The minimum Gasteiger partial charge on any atom is -0.479 e. The molecule has 156 valence electrons. The molecule has 0 unspecified atom stereocenters. The van der Waals surface area contributed by atoms with E-state index in [0.717, 1.165) is 12.8 Å². The van der Waals surface area contributed by atoms with Gasteiger partial charge in [0.1, 0.15) is 25.8 Å². The Balaban J connectivity index is 1.62. The smallest absolute Gasteiger partial charge is 0.335 e. The summed E-state index contributed by atoms with van der Waals surface area (Å²) in [5.74, 6) is -1.43. The second kappa shape index (κ2) is 12.3. The van der Waals surface area contributed by atoms with Gasteiger partial charge in [-0.25, -0.2) is 4.79 Å². The predicted octanol–water partition coefficient (Wildman–Crippen LogP) is 2.20. The maximum Gasteiger partial charge on any atom is 0.335 e. The van der Waals surface area contributed by atoms with Crippen molar-refractivity contribution in [3.63, 3.8) is 0 Å². The van der Waals surface area contributed by atoms with Crippen molar-refractivity contribution in [2.24, 2.45) is 0 Å². The summed E-state index contributed by atoms with van der Waals surface area (Å²) < 4.78 is 21.1.